The number of hydrogen-bond acceptors (Lipinski definition) is 3. The highest BCUT2D eigenvalue weighted by molar-refractivity contribution is 5.76. The molecule has 1 heterocycles. The standard InChI is InChI=1S/C13H27N3O/c1-11-10-15(4)8-5-9-16(11)12(17)6-7-13(2,3)14/h11H,5-10,14H2,1-4H3. The molecule has 0 spiro atoms. The molecule has 0 aromatic heterocycles. The molecule has 1 amide bonds. The van der Waals surface area contributed by atoms with E-state index in [4.69, 9.17) is 5.73 Å². The van der Waals surface area contributed by atoms with Crippen LogP contribution in [-0.4, -0.2) is 54.0 Å². The minimum atomic E-state index is -0.248. The van der Waals surface area contributed by atoms with E-state index in [9.17, 15) is 4.79 Å². The van der Waals surface area contributed by atoms with Gasteiger partial charge in [-0.3, -0.25) is 4.79 Å². The molecule has 4 nitrogen and oxygen atoms in total. The summed E-state index contributed by atoms with van der Waals surface area (Å²) in [6.07, 6.45) is 2.39. The fourth-order valence-electron chi connectivity index (χ4n) is 2.32. The zero-order valence-electron chi connectivity index (χ0n) is 11.7. The van der Waals surface area contributed by atoms with Crippen LogP contribution in [0.5, 0.6) is 0 Å². The van der Waals surface area contributed by atoms with E-state index in [2.05, 4.69) is 18.9 Å². The summed E-state index contributed by atoms with van der Waals surface area (Å²) < 4.78 is 0. The zero-order valence-corrected chi connectivity index (χ0v) is 11.7. The summed E-state index contributed by atoms with van der Waals surface area (Å²) in [5, 5.41) is 0. The number of nitrogens with zero attached hydrogens (tertiary/aromatic N) is 2. The highest BCUT2D eigenvalue weighted by atomic mass is 16.2. The minimum Gasteiger partial charge on any atom is -0.339 e. The van der Waals surface area contributed by atoms with Gasteiger partial charge in [0.2, 0.25) is 5.91 Å². The van der Waals surface area contributed by atoms with Gasteiger partial charge in [0, 0.05) is 31.1 Å². The second kappa shape index (κ2) is 5.83. The van der Waals surface area contributed by atoms with Crippen molar-refractivity contribution >= 4 is 5.91 Å². The first-order valence-corrected chi connectivity index (χ1v) is 6.56. The first kappa shape index (κ1) is 14.5. The predicted molar refractivity (Wildman–Crippen MR) is 70.8 cm³/mol. The molecule has 1 aliphatic heterocycles. The van der Waals surface area contributed by atoms with Crippen molar-refractivity contribution in [1.29, 1.82) is 0 Å². The van der Waals surface area contributed by atoms with E-state index in [1.165, 1.54) is 0 Å². The number of likely N-dealkylation sites (N-methyl/N-ethyl adjacent to an activating group) is 1. The topological polar surface area (TPSA) is 49.6 Å². The molecular weight excluding hydrogens is 214 g/mol. The van der Waals surface area contributed by atoms with Gasteiger partial charge in [-0.25, -0.2) is 0 Å². The molecule has 1 atom stereocenters. The van der Waals surface area contributed by atoms with E-state index in [1.54, 1.807) is 0 Å². The molecule has 4 heteroatoms. The quantitative estimate of drug-likeness (QED) is 0.803. The molecule has 1 saturated heterocycles. The number of nitrogens with two attached hydrogens (primary N) is 1. The molecule has 1 fully saturated rings. The normalized spacial score (nSPS) is 23.6. The van der Waals surface area contributed by atoms with Crippen LogP contribution in [0.15, 0.2) is 0 Å². The molecule has 1 rings (SSSR count). The Morgan fingerprint density at radius 1 is 1.41 bits per heavy atom. The van der Waals surface area contributed by atoms with Crippen LogP contribution in [0.2, 0.25) is 0 Å². The van der Waals surface area contributed by atoms with Crippen LogP contribution < -0.4 is 5.73 Å². The largest absolute Gasteiger partial charge is 0.339 e. The van der Waals surface area contributed by atoms with Crippen molar-refractivity contribution in [2.75, 3.05) is 26.7 Å². The summed E-state index contributed by atoms with van der Waals surface area (Å²) in [5.74, 6) is 0.256. The second-order valence-corrected chi connectivity index (χ2v) is 6.04. The lowest BCUT2D eigenvalue weighted by Crippen LogP contribution is -2.43. The van der Waals surface area contributed by atoms with Crippen molar-refractivity contribution in [3.05, 3.63) is 0 Å². The van der Waals surface area contributed by atoms with Gasteiger partial charge in [-0.15, -0.1) is 0 Å². The zero-order chi connectivity index (χ0) is 13.1. The first-order valence-electron chi connectivity index (χ1n) is 6.56. The van der Waals surface area contributed by atoms with Gasteiger partial charge in [-0.2, -0.15) is 0 Å². The van der Waals surface area contributed by atoms with Gasteiger partial charge in [0.05, 0.1) is 0 Å². The van der Waals surface area contributed by atoms with Crippen LogP contribution in [0.25, 0.3) is 0 Å². The number of rotatable bonds is 3. The maximum absolute atomic E-state index is 12.2. The van der Waals surface area contributed by atoms with Crippen molar-refractivity contribution in [3.8, 4) is 0 Å². The van der Waals surface area contributed by atoms with Gasteiger partial charge >= 0.3 is 0 Å². The van der Waals surface area contributed by atoms with Crippen LogP contribution >= 0.6 is 0 Å². The van der Waals surface area contributed by atoms with E-state index >= 15 is 0 Å². The van der Waals surface area contributed by atoms with E-state index in [-0.39, 0.29) is 11.4 Å². The maximum atomic E-state index is 12.2. The number of carbonyl (C=O) groups excluding carboxylic acids is 1. The van der Waals surface area contributed by atoms with Crippen LogP contribution in [0, 0.1) is 0 Å². The molecule has 1 unspecified atom stereocenters. The predicted octanol–water partition coefficient (Wildman–Crippen LogP) is 1.06. The lowest BCUT2D eigenvalue weighted by Gasteiger charge is -2.29. The SMILES string of the molecule is CC1CN(C)CCCN1C(=O)CCC(C)(C)N. The maximum Gasteiger partial charge on any atom is 0.222 e. The summed E-state index contributed by atoms with van der Waals surface area (Å²) in [6.45, 7) is 9.01. The van der Waals surface area contributed by atoms with Crippen molar-refractivity contribution in [2.45, 2.75) is 51.6 Å². The molecular formula is C13H27N3O. The summed E-state index contributed by atoms with van der Waals surface area (Å²) in [5.41, 5.74) is 5.67. The third kappa shape index (κ3) is 5.04. The third-order valence-electron chi connectivity index (χ3n) is 3.35. The molecule has 0 aromatic rings. The minimum absolute atomic E-state index is 0.248. The Bertz CT molecular complexity index is 260. The van der Waals surface area contributed by atoms with Crippen molar-refractivity contribution in [2.24, 2.45) is 5.73 Å². The van der Waals surface area contributed by atoms with E-state index in [0.29, 0.717) is 12.5 Å². The Morgan fingerprint density at radius 2 is 2.06 bits per heavy atom. The van der Waals surface area contributed by atoms with Crippen LogP contribution in [0.3, 0.4) is 0 Å². The molecule has 0 radical (unpaired) electrons. The Labute approximate surface area is 105 Å². The summed E-state index contributed by atoms with van der Waals surface area (Å²) in [7, 11) is 2.12. The Morgan fingerprint density at radius 3 is 2.65 bits per heavy atom. The van der Waals surface area contributed by atoms with Gasteiger partial charge in [0.1, 0.15) is 0 Å². The smallest absolute Gasteiger partial charge is 0.222 e. The van der Waals surface area contributed by atoms with Gasteiger partial charge in [-0.1, -0.05) is 0 Å². The van der Waals surface area contributed by atoms with Gasteiger partial charge in [-0.05, 0) is 47.2 Å². The van der Waals surface area contributed by atoms with Crippen molar-refractivity contribution in [3.63, 3.8) is 0 Å². The van der Waals surface area contributed by atoms with Crippen molar-refractivity contribution in [1.82, 2.24) is 9.80 Å². The summed E-state index contributed by atoms with van der Waals surface area (Å²) in [6, 6.07) is 0.316. The van der Waals surface area contributed by atoms with Gasteiger partial charge in [0.25, 0.3) is 0 Å². The average Bonchev–Trinajstić information content (AvgIpc) is 2.34. The summed E-state index contributed by atoms with van der Waals surface area (Å²) >= 11 is 0. The highest BCUT2D eigenvalue weighted by Gasteiger charge is 2.24. The molecule has 0 bridgehead atoms. The highest BCUT2D eigenvalue weighted by Crippen LogP contribution is 2.14. The molecule has 0 aromatic carbocycles. The molecule has 17 heavy (non-hydrogen) atoms. The Kier molecular flexibility index (Phi) is 4.95. The van der Waals surface area contributed by atoms with Gasteiger partial charge < -0.3 is 15.5 Å². The van der Waals surface area contributed by atoms with E-state index < -0.39 is 0 Å². The fourth-order valence-corrected chi connectivity index (χ4v) is 2.32. The van der Waals surface area contributed by atoms with Crippen molar-refractivity contribution < 1.29 is 4.79 Å². The monoisotopic (exact) mass is 241 g/mol. The molecule has 1 aliphatic rings. The average molecular weight is 241 g/mol. The van der Waals surface area contributed by atoms with E-state index in [1.807, 2.05) is 18.7 Å². The lowest BCUT2D eigenvalue weighted by molar-refractivity contribution is -0.133. The second-order valence-electron chi connectivity index (χ2n) is 6.04. The Hall–Kier alpha value is -0.610. The third-order valence-corrected chi connectivity index (χ3v) is 3.35. The summed E-state index contributed by atoms with van der Waals surface area (Å²) in [4.78, 5) is 16.5. The van der Waals surface area contributed by atoms with Crippen LogP contribution in [0.4, 0.5) is 0 Å². The number of carbonyl (C=O) groups is 1. The number of amides is 1. The van der Waals surface area contributed by atoms with Crippen LogP contribution in [-0.2, 0) is 4.79 Å². The molecule has 0 aliphatic carbocycles. The number of hydrogen-bond donors (Lipinski definition) is 1. The van der Waals surface area contributed by atoms with E-state index in [0.717, 1.165) is 32.5 Å². The Balaban J connectivity index is 2.50. The molecule has 2 N–H and O–H groups in total. The first-order chi connectivity index (χ1) is 7.79. The van der Waals surface area contributed by atoms with Crippen LogP contribution in [0.1, 0.15) is 40.0 Å². The van der Waals surface area contributed by atoms with Gasteiger partial charge in [0.15, 0.2) is 0 Å². The lowest BCUT2D eigenvalue weighted by atomic mass is 9.99. The fraction of sp³-hybridized carbons (Fsp3) is 0.923. The molecule has 100 valence electrons. The molecule has 0 saturated carbocycles.